The smallest absolute Gasteiger partial charge is 0.264 e. The fourth-order valence-electron chi connectivity index (χ4n) is 4.31. The van der Waals surface area contributed by atoms with Gasteiger partial charge in [-0.15, -0.1) is 0 Å². The van der Waals surface area contributed by atoms with Gasteiger partial charge in [-0.05, 0) is 70.0 Å². The van der Waals surface area contributed by atoms with E-state index in [1.54, 1.807) is 12.1 Å². The highest BCUT2D eigenvalue weighted by Gasteiger charge is 2.34. The summed E-state index contributed by atoms with van der Waals surface area (Å²) in [5.74, 6) is -0.838. The number of rotatable bonds is 11. The SMILES string of the molecule is CC[C@@H](C(=O)NC(C)C)N(Cc1cccc(C)c1)C(=O)CN(c1ccc(Cl)c(Cl)c1)S(=O)(=O)c1ccc(C)cc1. The van der Waals surface area contributed by atoms with Crippen LogP contribution in [-0.4, -0.2) is 43.8 Å². The Morgan fingerprint density at radius 2 is 1.57 bits per heavy atom. The summed E-state index contributed by atoms with van der Waals surface area (Å²) in [5.41, 5.74) is 2.90. The number of aryl methyl sites for hydroxylation is 2. The summed E-state index contributed by atoms with van der Waals surface area (Å²) in [4.78, 5) is 28.7. The summed E-state index contributed by atoms with van der Waals surface area (Å²) in [5, 5.41) is 3.29. The van der Waals surface area contributed by atoms with Crippen LogP contribution in [0.25, 0.3) is 0 Å². The number of amides is 2. The van der Waals surface area contributed by atoms with E-state index in [1.165, 1.54) is 35.2 Å². The van der Waals surface area contributed by atoms with E-state index in [4.69, 9.17) is 23.2 Å². The standard InChI is InChI=1S/C30H35Cl2N3O4S/c1-6-28(30(37)33-20(2)3)34(18-23-9-7-8-22(5)16-23)29(36)19-35(24-12-15-26(31)27(32)17-24)40(38,39)25-13-10-21(4)11-14-25/h7-17,20,28H,6,18-19H2,1-5H3,(H,33,37)/t28-/m0/s1. The summed E-state index contributed by atoms with van der Waals surface area (Å²) in [7, 11) is -4.20. The summed E-state index contributed by atoms with van der Waals surface area (Å²) in [6, 6.07) is 17.5. The number of nitrogens with zero attached hydrogens (tertiary/aromatic N) is 2. The highest BCUT2D eigenvalue weighted by molar-refractivity contribution is 7.92. The van der Waals surface area contributed by atoms with Crippen LogP contribution in [-0.2, 0) is 26.2 Å². The van der Waals surface area contributed by atoms with Crippen molar-refractivity contribution in [3.8, 4) is 0 Å². The zero-order valence-corrected chi connectivity index (χ0v) is 25.6. The van der Waals surface area contributed by atoms with Crippen molar-refractivity contribution in [3.63, 3.8) is 0 Å². The number of sulfonamides is 1. The zero-order valence-electron chi connectivity index (χ0n) is 23.3. The number of nitrogens with one attached hydrogen (secondary N) is 1. The maximum atomic E-state index is 14.1. The monoisotopic (exact) mass is 603 g/mol. The van der Waals surface area contributed by atoms with Crippen molar-refractivity contribution in [3.05, 3.63) is 93.5 Å². The Bertz CT molecular complexity index is 1460. The first-order valence-electron chi connectivity index (χ1n) is 13.0. The van der Waals surface area contributed by atoms with E-state index in [2.05, 4.69) is 5.32 Å². The fourth-order valence-corrected chi connectivity index (χ4v) is 6.01. The molecule has 2 amide bonds. The second kappa shape index (κ2) is 13.5. The van der Waals surface area contributed by atoms with Gasteiger partial charge in [0.1, 0.15) is 12.6 Å². The Morgan fingerprint density at radius 3 is 2.15 bits per heavy atom. The van der Waals surface area contributed by atoms with Crippen LogP contribution in [0, 0.1) is 13.8 Å². The maximum absolute atomic E-state index is 14.1. The maximum Gasteiger partial charge on any atom is 0.264 e. The summed E-state index contributed by atoms with van der Waals surface area (Å²) in [6.45, 7) is 8.89. The predicted molar refractivity (Wildman–Crippen MR) is 161 cm³/mol. The largest absolute Gasteiger partial charge is 0.352 e. The van der Waals surface area contributed by atoms with Gasteiger partial charge in [0.15, 0.2) is 0 Å². The van der Waals surface area contributed by atoms with Gasteiger partial charge < -0.3 is 10.2 Å². The van der Waals surface area contributed by atoms with Crippen molar-refractivity contribution in [1.29, 1.82) is 0 Å². The average molecular weight is 605 g/mol. The molecule has 0 aromatic heterocycles. The van der Waals surface area contributed by atoms with Gasteiger partial charge in [0.05, 0.1) is 20.6 Å². The summed E-state index contributed by atoms with van der Waals surface area (Å²) >= 11 is 12.4. The number of anilines is 1. The Hall–Kier alpha value is -3.07. The second-order valence-electron chi connectivity index (χ2n) is 10.0. The lowest BCUT2D eigenvalue weighted by molar-refractivity contribution is -0.140. The first kappa shape index (κ1) is 31.5. The molecule has 0 unspecified atom stereocenters. The molecule has 0 fully saturated rings. The number of hydrogen-bond donors (Lipinski definition) is 1. The fraction of sp³-hybridized carbons (Fsp3) is 0.333. The average Bonchev–Trinajstić information content (AvgIpc) is 2.88. The third kappa shape index (κ3) is 7.77. The molecule has 40 heavy (non-hydrogen) atoms. The lowest BCUT2D eigenvalue weighted by atomic mass is 10.1. The second-order valence-corrected chi connectivity index (χ2v) is 12.7. The minimum Gasteiger partial charge on any atom is -0.352 e. The van der Waals surface area contributed by atoms with Gasteiger partial charge in [0, 0.05) is 12.6 Å². The van der Waals surface area contributed by atoms with Gasteiger partial charge in [-0.2, -0.15) is 0 Å². The first-order chi connectivity index (χ1) is 18.8. The van der Waals surface area contributed by atoms with E-state index in [0.29, 0.717) is 6.42 Å². The highest BCUT2D eigenvalue weighted by atomic mass is 35.5. The van der Waals surface area contributed by atoms with Crippen molar-refractivity contribution in [2.24, 2.45) is 0 Å². The van der Waals surface area contributed by atoms with Gasteiger partial charge >= 0.3 is 0 Å². The molecule has 0 aliphatic carbocycles. The predicted octanol–water partition coefficient (Wildman–Crippen LogP) is 6.14. The van der Waals surface area contributed by atoms with E-state index < -0.39 is 28.5 Å². The molecule has 214 valence electrons. The van der Waals surface area contributed by atoms with Gasteiger partial charge in [-0.3, -0.25) is 13.9 Å². The topological polar surface area (TPSA) is 86.8 Å². The zero-order chi connectivity index (χ0) is 29.6. The molecule has 0 bridgehead atoms. The Kier molecular flexibility index (Phi) is 10.6. The van der Waals surface area contributed by atoms with Crippen LogP contribution in [0.3, 0.4) is 0 Å². The molecule has 1 atom stereocenters. The summed E-state index contributed by atoms with van der Waals surface area (Å²) < 4.78 is 28.9. The third-order valence-electron chi connectivity index (χ3n) is 6.33. The molecule has 1 N–H and O–H groups in total. The lowest BCUT2D eigenvalue weighted by Gasteiger charge is -2.33. The van der Waals surface area contributed by atoms with Gasteiger partial charge in [0.25, 0.3) is 10.0 Å². The molecule has 3 aromatic rings. The number of halogens is 2. The van der Waals surface area contributed by atoms with Crippen LogP contribution in [0.4, 0.5) is 5.69 Å². The number of carbonyl (C=O) groups is 2. The van der Waals surface area contributed by atoms with Gasteiger partial charge in [0.2, 0.25) is 11.8 Å². The molecule has 7 nitrogen and oxygen atoms in total. The normalized spacial score (nSPS) is 12.2. The lowest BCUT2D eigenvalue weighted by Crippen LogP contribution is -2.53. The molecular formula is C30H35Cl2N3O4S. The molecule has 0 saturated heterocycles. The van der Waals surface area contributed by atoms with Crippen LogP contribution in [0.15, 0.2) is 71.6 Å². The number of hydrogen-bond acceptors (Lipinski definition) is 4. The van der Waals surface area contributed by atoms with Crippen LogP contribution in [0.5, 0.6) is 0 Å². The van der Waals surface area contributed by atoms with Crippen LogP contribution in [0.1, 0.15) is 43.9 Å². The molecule has 3 aromatic carbocycles. The minimum absolute atomic E-state index is 0.0202. The Morgan fingerprint density at radius 1 is 0.900 bits per heavy atom. The van der Waals surface area contributed by atoms with E-state index in [9.17, 15) is 18.0 Å². The van der Waals surface area contributed by atoms with E-state index >= 15 is 0 Å². The quantitative estimate of drug-likeness (QED) is 0.285. The Labute approximate surface area is 247 Å². The molecule has 0 heterocycles. The van der Waals surface area contributed by atoms with Crippen LogP contribution < -0.4 is 9.62 Å². The molecule has 0 spiro atoms. The van der Waals surface area contributed by atoms with Crippen molar-refractivity contribution in [2.75, 3.05) is 10.8 Å². The van der Waals surface area contributed by atoms with Crippen molar-refractivity contribution in [2.45, 2.75) is 64.6 Å². The third-order valence-corrected chi connectivity index (χ3v) is 8.86. The Balaban J connectivity index is 2.09. The molecule has 0 aliphatic heterocycles. The molecule has 0 saturated carbocycles. The van der Waals surface area contributed by atoms with Crippen molar-refractivity contribution in [1.82, 2.24) is 10.2 Å². The van der Waals surface area contributed by atoms with E-state index in [0.717, 1.165) is 21.0 Å². The first-order valence-corrected chi connectivity index (χ1v) is 15.2. The number of benzene rings is 3. The minimum atomic E-state index is -4.20. The van der Waals surface area contributed by atoms with Crippen LogP contribution >= 0.6 is 23.2 Å². The van der Waals surface area contributed by atoms with Gasteiger partial charge in [-0.1, -0.05) is 77.7 Å². The summed E-state index contributed by atoms with van der Waals surface area (Å²) in [6.07, 6.45) is 0.341. The van der Waals surface area contributed by atoms with E-state index in [-0.39, 0.29) is 39.1 Å². The van der Waals surface area contributed by atoms with E-state index in [1.807, 2.05) is 58.9 Å². The molecular weight excluding hydrogens is 569 g/mol. The van der Waals surface area contributed by atoms with Crippen molar-refractivity contribution >= 4 is 50.7 Å². The number of carbonyl (C=O) groups excluding carboxylic acids is 2. The molecule has 0 aliphatic rings. The molecule has 10 heteroatoms. The molecule has 0 radical (unpaired) electrons. The highest BCUT2D eigenvalue weighted by Crippen LogP contribution is 2.31. The van der Waals surface area contributed by atoms with Crippen LogP contribution in [0.2, 0.25) is 10.0 Å². The van der Waals surface area contributed by atoms with Gasteiger partial charge in [-0.25, -0.2) is 8.42 Å². The molecule has 3 rings (SSSR count). The van der Waals surface area contributed by atoms with Crippen molar-refractivity contribution < 1.29 is 18.0 Å².